The van der Waals surface area contributed by atoms with Gasteiger partial charge in [0.1, 0.15) is 0 Å². The van der Waals surface area contributed by atoms with Crippen LogP contribution in [0.5, 0.6) is 0 Å². The van der Waals surface area contributed by atoms with E-state index in [1.54, 1.807) is 0 Å². The minimum atomic E-state index is 0.980. The molecule has 17 heavy (non-hydrogen) atoms. The molecule has 0 aliphatic carbocycles. The van der Waals surface area contributed by atoms with E-state index in [0.29, 0.717) is 0 Å². The van der Waals surface area contributed by atoms with Gasteiger partial charge in [0.2, 0.25) is 0 Å². The van der Waals surface area contributed by atoms with Gasteiger partial charge in [-0.2, -0.15) is 0 Å². The number of nitrogens with zero attached hydrogens (tertiary/aromatic N) is 1. The third-order valence-electron chi connectivity index (χ3n) is 3.75. The molecule has 1 fully saturated rings. The highest BCUT2D eigenvalue weighted by molar-refractivity contribution is 4.55. The summed E-state index contributed by atoms with van der Waals surface area (Å²) in [5, 5.41) is 6.25. The summed E-state index contributed by atoms with van der Waals surface area (Å²) in [6, 6.07) is 0. The average Bonchev–Trinajstić information content (AvgIpc) is 2.36. The van der Waals surface area contributed by atoms with Crippen LogP contribution >= 0.6 is 0 Å². The van der Waals surface area contributed by atoms with Crippen molar-refractivity contribution < 1.29 is 4.90 Å². The van der Waals surface area contributed by atoms with Crippen LogP contribution in [0.15, 0.2) is 0 Å². The Morgan fingerprint density at radius 2 is 1.76 bits per heavy atom. The van der Waals surface area contributed by atoms with E-state index in [9.17, 15) is 0 Å². The molecule has 0 bridgehead atoms. The van der Waals surface area contributed by atoms with Gasteiger partial charge in [-0.1, -0.05) is 39.5 Å². The monoisotopic (exact) mass is 238 g/mol. The first-order chi connectivity index (χ1) is 8.33. The summed E-state index contributed by atoms with van der Waals surface area (Å²) in [6.07, 6.45) is 11.6. The molecule has 0 aromatic rings. The zero-order valence-electron chi connectivity index (χ0n) is 11.8. The Labute approximate surface area is 108 Å². The zero-order chi connectivity index (χ0) is 12.9. The van der Waals surface area contributed by atoms with Crippen molar-refractivity contribution in [2.24, 2.45) is 5.92 Å². The average molecular weight is 238 g/mol. The van der Waals surface area contributed by atoms with Crippen molar-refractivity contribution >= 4 is 0 Å². The number of hydrogen-bond acceptors (Lipinski definition) is 1. The second-order valence-electron chi connectivity index (χ2n) is 5.47. The fourth-order valence-electron chi connectivity index (χ4n) is 2.78. The molecule has 0 spiro atoms. The minimum absolute atomic E-state index is 0.980. The van der Waals surface area contributed by atoms with Crippen molar-refractivity contribution in [3.63, 3.8) is 0 Å². The van der Waals surface area contributed by atoms with E-state index in [1.165, 1.54) is 71.0 Å². The Balaban J connectivity index is 0.00000121. The van der Waals surface area contributed by atoms with Crippen molar-refractivity contribution in [2.45, 2.75) is 65.2 Å². The van der Waals surface area contributed by atoms with E-state index < -0.39 is 0 Å². The van der Waals surface area contributed by atoms with Crippen LogP contribution in [0.4, 0.5) is 0 Å². The molecule has 0 saturated carbocycles. The van der Waals surface area contributed by atoms with E-state index in [-0.39, 0.29) is 0 Å². The summed E-state index contributed by atoms with van der Waals surface area (Å²) in [7, 11) is 0. The van der Waals surface area contributed by atoms with E-state index in [4.69, 9.17) is 11.8 Å². The molecule has 0 aromatic heterocycles. The standard InChI is InChI=1S/C14H29N.CN/c1-3-4-5-6-7-8-11-15-12-9-10-14(2)13-15;1-2/h14H,3-13H2,1-2H3;/q;-1/p+1. The minimum Gasteiger partial charge on any atom is -0.512 e. The Kier molecular flexibility index (Phi) is 11.5. The van der Waals surface area contributed by atoms with Crippen molar-refractivity contribution in [3.8, 4) is 0 Å². The van der Waals surface area contributed by atoms with Crippen LogP contribution in [0, 0.1) is 17.8 Å². The molecule has 2 nitrogen and oxygen atoms in total. The van der Waals surface area contributed by atoms with Crippen molar-refractivity contribution in [1.29, 1.82) is 5.26 Å². The number of quaternary nitrogens is 1. The van der Waals surface area contributed by atoms with Crippen LogP contribution in [0.1, 0.15) is 65.2 Å². The fraction of sp³-hybridized carbons (Fsp3) is 0.933. The predicted molar refractivity (Wildman–Crippen MR) is 72.3 cm³/mol. The first-order valence-corrected chi connectivity index (χ1v) is 7.39. The molecular weight excluding hydrogens is 208 g/mol. The lowest BCUT2D eigenvalue weighted by Crippen LogP contribution is -3.13. The molecule has 1 heterocycles. The topological polar surface area (TPSA) is 28.2 Å². The van der Waals surface area contributed by atoms with E-state index in [2.05, 4.69) is 13.8 Å². The Hall–Kier alpha value is -0.550. The maximum atomic E-state index is 6.25. The highest BCUT2D eigenvalue weighted by Gasteiger charge is 2.18. The van der Waals surface area contributed by atoms with Gasteiger partial charge in [-0.15, -0.1) is 0 Å². The molecule has 2 unspecified atom stereocenters. The van der Waals surface area contributed by atoms with Gasteiger partial charge >= 0.3 is 0 Å². The predicted octanol–water partition coefficient (Wildman–Crippen LogP) is 2.76. The first-order valence-electron chi connectivity index (χ1n) is 7.39. The first kappa shape index (κ1) is 16.4. The van der Waals surface area contributed by atoms with Gasteiger partial charge in [0, 0.05) is 5.92 Å². The highest BCUT2D eigenvalue weighted by atomic mass is 15.1. The van der Waals surface area contributed by atoms with Crippen LogP contribution in [0.3, 0.4) is 0 Å². The smallest absolute Gasteiger partial charge is 0.0796 e. The molecule has 2 heteroatoms. The van der Waals surface area contributed by atoms with E-state index >= 15 is 0 Å². The van der Waals surface area contributed by atoms with Gasteiger partial charge in [0.15, 0.2) is 0 Å². The molecule has 2 atom stereocenters. The van der Waals surface area contributed by atoms with Crippen molar-refractivity contribution in [3.05, 3.63) is 6.57 Å². The fourth-order valence-corrected chi connectivity index (χ4v) is 2.78. The van der Waals surface area contributed by atoms with Crippen LogP contribution in [0.2, 0.25) is 0 Å². The summed E-state index contributed by atoms with van der Waals surface area (Å²) in [4.78, 5) is 1.88. The number of nitrogens with one attached hydrogen (secondary N) is 1. The molecule has 100 valence electrons. The van der Waals surface area contributed by atoms with Crippen LogP contribution in [-0.2, 0) is 0 Å². The normalized spacial score (nSPS) is 23.8. The van der Waals surface area contributed by atoms with Gasteiger partial charge < -0.3 is 16.7 Å². The van der Waals surface area contributed by atoms with E-state index in [1.807, 2.05) is 4.90 Å². The molecule has 0 aromatic carbocycles. The van der Waals surface area contributed by atoms with Crippen LogP contribution in [-0.4, -0.2) is 19.6 Å². The second-order valence-corrected chi connectivity index (χ2v) is 5.47. The quantitative estimate of drug-likeness (QED) is 0.536. The molecule has 0 amide bonds. The lowest BCUT2D eigenvalue weighted by molar-refractivity contribution is -0.908. The van der Waals surface area contributed by atoms with Crippen molar-refractivity contribution in [2.75, 3.05) is 19.6 Å². The molecule has 1 aliphatic heterocycles. The van der Waals surface area contributed by atoms with Crippen LogP contribution in [0.25, 0.3) is 0 Å². The number of unbranched alkanes of at least 4 members (excludes halogenated alkanes) is 5. The van der Waals surface area contributed by atoms with Gasteiger partial charge in [-0.25, -0.2) is 0 Å². The Bertz CT molecular complexity index is 177. The number of piperidine rings is 1. The second kappa shape index (κ2) is 11.9. The largest absolute Gasteiger partial charge is 0.512 e. The molecular formula is C15H30N2. The van der Waals surface area contributed by atoms with Crippen LogP contribution < -0.4 is 4.90 Å². The molecule has 1 saturated heterocycles. The lowest BCUT2D eigenvalue weighted by Gasteiger charge is -2.27. The summed E-state index contributed by atoms with van der Waals surface area (Å²) in [6.45, 7) is 13.8. The number of likely N-dealkylation sites (tertiary alicyclic amines) is 1. The molecule has 1 N–H and O–H groups in total. The molecule has 1 rings (SSSR count). The Morgan fingerprint density at radius 3 is 2.41 bits per heavy atom. The van der Waals surface area contributed by atoms with Gasteiger partial charge in [-0.05, 0) is 25.7 Å². The van der Waals surface area contributed by atoms with Gasteiger partial charge in [0.25, 0.3) is 0 Å². The highest BCUT2D eigenvalue weighted by Crippen LogP contribution is 2.06. The number of rotatable bonds is 7. The summed E-state index contributed by atoms with van der Waals surface area (Å²) in [5.74, 6) is 0.980. The summed E-state index contributed by atoms with van der Waals surface area (Å²) < 4.78 is 0. The third kappa shape index (κ3) is 9.18. The summed E-state index contributed by atoms with van der Waals surface area (Å²) >= 11 is 0. The van der Waals surface area contributed by atoms with Gasteiger partial charge in [-0.3, -0.25) is 0 Å². The number of hydrogen-bond donors (Lipinski definition) is 1. The lowest BCUT2D eigenvalue weighted by atomic mass is 10.00. The van der Waals surface area contributed by atoms with E-state index in [0.717, 1.165) is 5.92 Å². The Morgan fingerprint density at radius 1 is 1.12 bits per heavy atom. The summed E-state index contributed by atoms with van der Waals surface area (Å²) in [5.41, 5.74) is 0. The van der Waals surface area contributed by atoms with Crippen molar-refractivity contribution in [1.82, 2.24) is 0 Å². The maximum Gasteiger partial charge on any atom is 0.0796 e. The SMILES string of the molecule is CCCCCCCC[NH+]1CCCC(C)C1.[C-]#N. The molecule has 1 aliphatic rings. The maximum absolute atomic E-state index is 6.25. The van der Waals surface area contributed by atoms with Gasteiger partial charge in [0.05, 0.1) is 19.6 Å². The zero-order valence-corrected chi connectivity index (χ0v) is 11.8. The molecule has 0 radical (unpaired) electrons. The third-order valence-corrected chi connectivity index (χ3v) is 3.75.